The van der Waals surface area contributed by atoms with E-state index in [1.165, 1.54) is 23.5 Å². The Morgan fingerprint density at radius 3 is 2.38 bits per heavy atom. The average molecular weight is 326 g/mol. The molecule has 0 saturated heterocycles. The van der Waals surface area contributed by atoms with E-state index in [-0.39, 0.29) is 9.92 Å². The molecule has 0 amide bonds. The Balaban J connectivity index is 2.38. The first-order chi connectivity index (χ1) is 9.96. The highest BCUT2D eigenvalue weighted by molar-refractivity contribution is 7.92. The lowest BCUT2D eigenvalue weighted by molar-refractivity contribution is 0.340. The second-order valence-electron chi connectivity index (χ2n) is 4.33. The molecule has 0 unspecified atom stereocenters. The van der Waals surface area contributed by atoms with Gasteiger partial charge in [0.2, 0.25) is 0 Å². The Hall–Kier alpha value is -1.72. The molecule has 0 bridgehead atoms. The zero-order valence-corrected chi connectivity index (χ0v) is 13.4. The fourth-order valence-electron chi connectivity index (χ4n) is 1.85. The van der Waals surface area contributed by atoms with Crippen LogP contribution in [0.5, 0.6) is 5.75 Å². The van der Waals surface area contributed by atoms with Crippen LogP contribution in [0.4, 0.5) is 5.69 Å². The fourth-order valence-corrected chi connectivity index (χ4v) is 3.37. The molecular weight excluding hydrogens is 310 g/mol. The minimum atomic E-state index is -3.65. The van der Waals surface area contributed by atoms with Crippen molar-refractivity contribution < 1.29 is 13.2 Å². The molecule has 6 heteroatoms. The maximum Gasteiger partial charge on any atom is 0.264 e. The monoisotopic (exact) mass is 325 g/mol. The van der Waals surface area contributed by atoms with Gasteiger partial charge in [0.25, 0.3) is 10.0 Å². The van der Waals surface area contributed by atoms with Crippen LogP contribution >= 0.6 is 11.6 Å². The van der Waals surface area contributed by atoms with Gasteiger partial charge in [-0.1, -0.05) is 29.8 Å². The van der Waals surface area contributed by atoms with Crippen molar-refractivity contribution in [1.82, 2.24) is 0 Å². The van der Waals surface area contributed by atoms with Crippen molar-refractivity contribution in [2.24, 2.45) is 0 Å². The summed E-state index contributed by atoms with van der Waals surface area (Å²) in [6, 6.07) is 13.3. The summed E-state index contributed by atoms with van der Waals surface area (Å²) in [6.07, 6.45) is 0. The Labute approximate surface area is 130 Å². The SMILES string of the molecule is CCOc1ccc(S(=O)(=O)N(C)c2ccccc2)cc1Cl. The number of anilines is 1. The lowest BCUT2D eigenvalue weighted by Crippen LogP contribution is -2.26. The van der Waals surface area contributed by atoms with Crippen LogP contribution in [0.3, 0.4) is 0 Å². The predicted molar refractivity (Wildman–Crippen MR) is 84.7 cm³/mol. The quantitative estimate of drug-likeness (QED) is 0.844. The van der Waals surface area contributed by atoms with Crippen LogP contribution in [0.15, 0.2) is 53.4 Å². The van der Waals surface area contributed by atoms with Crippen molar-refractivity contribution in [3.8, 4) is 5.75 Å². The molecule has 2 aromatic rings. The summed E-state index contributed by atoms with van der Waals surface area (Å²) < 4.78 is 31.7. The van der Waals surface area contributed by atoms with Gasteiger partial charge in [-0.3, -0.25) is 4.31 Å². The Morgan fingerprint density at radius 1 is 1.14 bits per heavy atom. The predicted octanol–water partition coefficient (Wildman–Crippen LogP) is 3.56. The van der Waals surface area contributed by atoms with Crippen LogP contribution in [0.25, 0.3) is 0 Å². The molecule has 2 rings (SSSR count). The molecule has 21 heavy (non-hydrogen) atoms. The number of ether oxygens (including phenoxy) is 1. The first kappa shape index (κ1) is 15.7. The molecule has 0 radical (unpaired) electrons. The lowest BCUT2D eigenvalue weighted by Gasteiger charge is -2.19. The zero-order chi connectivity index (χ0) is 15.5. The van der Waals surface area contributed by atoms with Crippen molar-refractivity contribution >= 4 is 27.3 Å². The second-order valence-corrected chi connectivity index (χ2v) is 6.71. The minimum absolute atomic E-state index is 0.127. The number of halogens is 1. The topological polar surface area (TPSA) is 46.6 Å². The van der Waals surface area contributed by atoms with E-state index in [0.717, 1.165) is 0 Å². The van der Waals surface area contributed by atoms with E-state index in [2.05, 4.69) is 0 Å². The van der Waals surface area contributed by atoms with Gasteiger partial charge in [-0.15, -0.1) is 0 Å². The summed E-state index contributed by atoms with van der Waals surface area (Å²) in [6.45, 7) is 2.31. The van der Waals surface area contributed by atoms with Gasteiger partial charge in [0, 0.05) is 7.05 Å². The molecule has 0 fully saturated rings. The molecule has 2 aromatic carbocycles. The number of rotatable bonds is 5. The van der Waals surface area contributed by atoms with Crippen LogP contribution in [-0.2, 0) is 10.0 Å². The van der Waals surface area contributed by atoms with Gasteiger partial charge in [0.05, 0.1) is 22.2 Å². The number of benzene rings is 2. The lowest BCUT2D eigenvalue weighted by atomic mass is 10.3. The van der Waals surface area contributed by atoms with Gasteiger partial charge in [-0.2, -0.15) is 0 Å². The highest BCUT2D eigenvalue weighted by Crippen LogP contribution is 2.29. The third kappa shape index (κ3) is 3.31. The van der Waals surface area contributed by atoms with Gasteiger partial charge in [0.15, 0.2) is 0 Å². The van der Waals surface area contributed by atoms with E-state index in [0.29, 0.717) is 18.0 Å². The Bertz CT molecular complexity index is 717. The van der Waals surface area contributed by atoms with Crippen LogP contribution in [0, 0.1) is 0 Å². The third-order valence-electron chi connectivity index (χ3n) is 2.98. The van der Waals surface area contributed by atoms with Crippen LogP contribution in [0.2, 0.25) is 5.02 Å². The molecule has 0 aliphatic carbocycles. The van der Waals surface area contributed by atoms with Crippen LogP contribution < -0.4 is 9.04 Å². The van der Waals surface area contributed by atoms with E-state index in [1.54, 1.807) is 30.3 Å². The number of hydrogen-bond donors (Lipinski definition) is 0. The average Bonchev–Trinajstić information content (AvgIpc) is 2.49. The van der Waals surface area contributed by atoms with Crippen LogP contribution in [-0.4, -0.2) is 22.1 Å². The van der Waals surface area contributed by atoms with Gasteiger partial charge in [-0.25, -0.2) is 8.42 Å². The Morgan fingerprint density at radius 2 is 1.81 bits per heavy atom. The first-order valence-electron chi connectivity index (χ1n) is 6.43. The van der Waals surface area contributed by atoms with Crippen molar-refractivity contribution in [1.29, 1.82) is 0 Å². The summed E-state index contributed by atoms with van der Waals surface area (Å²) in [7, 11) is -2.14. The maximum atomic E-state index is 12.6. The summed E-state index contributed by atoms with van der Waals surface area (Å²) in [5.74, 6) is 0.473. The van der Waals surface area contributed by atoms with E-state index in [4.69, 9.17) is 16.3 Å². The second kappa shape index (κ2) is 6.37. The summed E-state index contributed by atoms with van der Waals surface area (Å²) in [5, 5.41) is 0.277. The molecule has 0 spiro atoms. The normalized spacial score (nSPS) is 11.2. The smallest absolute Gasteiger partial charge is 0.264 e. The highest BCUT2D eigenvalue weighted by atomic mass is 35.5. The first-order valence-corrected chi connectivity index (χ1v) is 8.25. The van der Waals surface area contributed by atoms with Crippen molar-refractivity contribution in [2.45, 2.75) is 11.8 Å². The summed E-state index contributed by atoms with van der Waals surface area (Å²) >= 11 is 6.06. The molecular formula is C15H16ClNO3S. The highest BCUT2D eigenvalue weighted by Gasteiger charge is 2.22. The molecule has 0 atom stereocenters. The molecule has 0 saturated carbocycles. The van der Waals surface area contributed by atoms with E-state index in [9.17, 15) is 8.42 Å². The number of para-hydroxylation sites is 1. The molecule has 0 aromatic heterocycles. The van der Waals surface area contributed by atoms with E-state index >= 15 is 0 Å². The molecule has 0 aliphatic heterocycles. The standard InChI is InChI=1S/C15H16ClNO3S/c1-3-20-15-10-9-13(11-14(15)16)21(18,19)17(2)12-7-5-4-6-8-12/h4-11H,3H2,1-2H3. The fraction of sp³-hybridized carbons (Fsp3) is 0.200. The number of sulfonamides is 1. The number of nitrogens with zero attached hydrogens (tertiary/aromatic N) is 1. The molecule has 0 heterocycles. The van der Waals surface area contributed by atoms with Gasteiger partial charge in [0.1, 0.15) is 5.75 Å². The van der Waals surface area contributed by atoms with Crippen molar-refractivity contribution in [3.63, 3.8) is 0 Å². The number of hydrogen-bond acceptors (Lipinski definition) is 3. The summed E-state index contributed by atoms with van der Waals surface area (Å²) in [5.41, 5.74) is 0.586. The molecule has 112 valence electrons. The van der Waals surface area contributed by atoms with Gasteiger partial charge >= 0.3 is 0 Å². The minimum Gasteiger partial charge on any atom is -0.492 e. The van der Waals surface area contributed by atoms with Crippen molar-refractivity contribution in [2.75, 3.05) is 18.0 Å². The van der Waals surface area contributed by atoms with E-state index in [1.807, 2.05) is 13.0 Å². The van der Waals surface area contributed by atoms with Gasteiger partial charge in [-0.05, 0) is 37.3 Å². The zero-order valence-electron chi connectivity index (χ0n) is 11.8. The maximum absolute atomic E-state index is 12.6. The third-order valence-corrected chi connectivity index (χ3v) is 5.06. The Kier molecular flexibility index (Phi) is 4.75. The molecule has 0 N–H and O–H groups in total. The molecule has 0 aliphatic rings. The molecule has 4 nitrogen and oxygen atoms in total. The van der Waals surface area contributed by atoms with Gasteiger partial charge < -0.3 is 4.74 Å². The van der Waals surface area contributed by atoms with E-state index < -0.39 is 10.0 Å². The summed E-state index contributed by atoms with van der Waals surface area (Å²) in [4.78, 5) is 0.127. The largest absolute Gasteiger partial charge is 0.492 e. The van der Waals surface area contributed by atoms with Crippen molar-refractivity contribution in [3.05, 3.63) is 53.6 Å². The van der Waals surface area contributed by atoms with Crippen LogP contribution in [0.1, 0.15) is 6.92 Å².